The monoisotopic (exact) mass is 429 g/mol. The van der Waals surface area contributed by atoms with Crippen LogP contribution in [-0.2, 0) is 25.6 Å². The second-order valence-corrected chi connectivity index (χ2v) is 9.98. The van der Waals surface area contributed by atoms with Crippen molar-refractivity contribution in [2.24, 2.45) is 0 Å². The molecule has 1 saturated heterocycles. The molecule has 1 aliphatic heterocycles. The number of para-hydroxylation sites is 1. The number of hydrogen-bond acceptors (Lipinski definition) is 6. The van der Waals surface area contributed by atoms with Gasteiger partial charge in [0.15, 0.2) is 0 Å². The fourth-order valence-electron chi connectivity index (χ4n) is 3.16. The van der Waals surface area contributed by atoms with Crippen LogP contribution in [0.25, 0.3) is 0 Å². The summed E-state index contributed by atoms with van der Waals surface area (Å²) in [4.78, 5) is 10.3. The standard InChI is InChI=1S/C21H24BNO6S/c1-20(2)21(3,4)29-22(28-20)15-9-11-16-10-5-7-13-18(16)30(26,27)19-14-8-6-12-17(19)23(24)25/h5-10,12-15H,11H2,1-4H3/b15-9+. The summed E-state index contributed by atoms with van der Waals surface area (Å²) in [5.41, 5.74) is -0.839. The molecule has 0 aromatic heterocycles. The van der Waals surface area contributed by atoms with E-state index in [4.69, 9.17) is 9.31 Å². The number of hydrogen-bond donors (Lipinski definition) is 0. The maximum atomic E-state index is 13.2. The first-order valence-electron chi connectivity index (χ1n) is 9.54. The summed E-state index contributed by atoms with van der Waals surface area (Å²) in [6, 6.07) is 11.8. The van der Waals surface area contributed by atoms with Crippen LogP contribution in [0.2, 0.25) is 0 Å². The summed E-state index contributed by atoms with van der Waals surface area (Å²) in [6.45, 7) is 7.82. The van der Waals surface area contributed by atoms with Gasteiger partial charge in [-0.15, -0.1) is 0 Å². The summed E-state index contributed by atoms with van der Waals surface area (Å²) in [5.74, 6) is 1.75. The molecule has 9 heteroatoms. The second kappa shape index (κ2) is 7.98. The van der Waals surface area contributed by atoms with Crippen LogP contribution in [0.1, 0.15) is 33.3 Å². The van der Waals surface area contributed by atoms with E-state index < -0.39 is 38.8 Å². The van der Waals surface area contributed by atoms with Crippen LogP contribution in [0.3, 0.4) is 0 Å². The molecule has 158 valence electrons. The zero-order valence-corrected chi connectivity index (χ0v) is 18.2. The van der Waals surface area contributed by atoms with Gasteiger partial charge in [0, 0.05) is 6.07 Å². The van der Waals surface area contributed by atoms with Crippen LogP contribution in [0.4, 0.5) is 5.69 Å². The lowest BCUT2D eigenvalue weighted by Gasteiger charge is -2.32. The van der Waals surface area contributed by atoms with E-state index in [2.05, 4.69) is 0 Å². The third-order valence-electron chi connectivity index (χ3n) is 5.52. The minimum absolute atomic E-state index is 0.0397. The highest BCUT2D eigenvalue weighted by Gasteiger charge is 2.50. The predicted octanol–water partition coefficient (Wildman–Crippen LogP) is 4.16. The number of sulfone groups is 1. The van der Waals surface area contributed by atoms with Gasteiger partial charge in [-0.3, -0.25) is 10.1 Å². The molecule has 2 aromatic rings. The molecule has 3 rings (SSSR count). The maximum Gasteiger partial charge on any atom is 0.486 e. The van der Waals surface area contributed by atoms with Crippen molar-refractivity contribution in [2.75, 3.05) is 0 Å². The fourth-order valence-corrected chi connectivity index (χ4v) is 4.83. The van der Waals surface area contributed by atoms with Gasteiger partial charge in [-0.2, -0.15) is 0 Å². The third-order valence-corrected chi connectivity index (χ3v) is 7.42. The van der Waals surface area contributed by atoms with Gasteiger partial charge >= 0.3 is 7.12 Å². The molecule has 0 atom stereocenters. The van der Waals surface area contributed by atoms with Crippen LogP contribution in [0, 0.1) is 10.1 Å². The van der Waals surface area contributed by atoms with E-state index in [0.717, 1.165) is 0 Å². The van der Waals surface area contributed by atoms with Crippen molar-refractivity contribution in [1.82, 2.24) is 0 Å². The molecule has 0 saturated carbocycles. The van der Waals surface area contributed by atoms with Crippen LogP contribution in [0.5, 0.6) is 0 Å². The number of nitro groups is 1. The summed E-state index contributed by atoms with van der Waals surface area (Å²) >= 11 is 0. The molecular formula is C21H24BNO6S. The Bertz CT molecular complexity index is 1080. The normalized spacial score (nSPS) is 18.1. The number of nitro benzene ring substituents is 1. The Balaban J connectivity index is 1.88. The minimum Gasteiger partial charge on any atom is -0.400 e. The molecule has 0 amide bonds. The van der Waals surface area contributed by atoms with Crippen molar-refractivity contribution < 1.29 is 22.6 Å². The largest absolute Gasteiger partial charge is 0.486 e. The maximum absolute atomic E-state index is 13.2. The van der Waals surface area contributed by atoms with E-state index >= 15 is 0 Å². The molecule has 0 N–H and O–H groups in total. The molecule has 0 bridgehead atoms. The van der Waals surface area contributed by atoms with Crippen molar-refractivity contribution in [1.29, 1.82) is 0 Å². The van der Waals surface area contributed by atoms with Gasteiger partial charge in [0.1, 0.15) is 4.90 Å². The van der Waals surface area contributed by atoms with Gasteiger partial charge in [0.05, 0.1) is 21.0 Å². The van der Waals surface area contributed by atoms with E-state index in [1.165, 1.54) is 30.3 Å². The average Bonchev–Trinajstić information content (AvgIpc) is 2.88. The Morgan fingerprint density at radius 2 is 1.50 bits per heavy atom. The number of allylic oxidation sites excluding steroid dienone is 1. The third kappa shape index (κ3) is 4.19. The fraction of sp³-hybridized carbons (Fsp3) is 0.333. The van der Waals surface area contributed by atoms with Crippen molar-refractivity contribution in [3.05, 3.63) is 76.3 Å². The zero-order chi connectivity index (χ0) is 22.2. The second-order valence-electron chi connectivity index (χ2n) is 8.09. The molecule has 30 heavy (non-hydrogen) atoms. The molecule has 0 unspecified atom stereocenters. The highest BCUT2D eigenvalue weighted by molar-refractivity contribution is 7.91. The van der Waals surface area contributed by atoms with Gasteiger partial charge < -0.3 is 9.31 Å². The van der Waals surface area contributed by atoms with Crippen LogP contribution in [0.15, 0.2) is 70.4 Å². The predicted molar refractivity (Wildman–Crippen MR) is 114 cm³/mol. The van der Waals surface area contributed by atoms with Gasteiger partial charge in [0.2, 0.25) is 9.84 Å². The Hall–Kier alpha value is -2.49. The summed E-state index contributed by atoms with van der Waals surface area (Å²) < 4.78 is 38.2. The van der Waals surface area contributed by atoms with Gasteiger partial charge in [0.25, 0.3) is 5.69 Å². The lowest BCUT2D eigenvalue weighted by Crippen LogP contribution is -2.41. The van der Waals surface area contributed by atoms with Crippen molar-refractivity contribution in [3.63, 3.8) is 0 Å². The minimum atomic E-state index is -4.07. The summed E-state index contributed by atoms with van der Waals surface area (Å²) in [7, 11) is -4.60. The summed E-state index contributed by atoms with van der Waals surface area (Å²) in [5, 5.41) is 11.3. The molecule has 1 aliphatic rings. The van der Waals surface area contributed by atoms with Crippen LogP contribution >= 0.6 is 0 Å². The molecule has 0 spiro atoms. The van der Waals surface area contributed by atoms with Crippen molar-refractivity contribution >= 4 is 22.6 Å². The quantitative estimate of drug-likeness (QED) is 0.389. The molecule has 2 aromatic carbocycles. The lowest BCUT2D eigenvalue weighted by molar-refractivity contribution is -0.387. The molecular weight excluding hydrogens is 405 g/mol. The first-order valence-corrected chi connectivity index (χ1v) is 11.0. The van der Waals surface area contributed by atoms with Gasteiger partial charge in [-0.25, -0.2) is 8.42 Å². The topological polar surface area (TPSA) is 95.7 Å². The molecule has 0 radical (unpaired) electrons. The first kappa shape index (κ1) is 22.2. The van der Waals surface area contributed by atoms with E-state index in [1.807, 2.05) is 27.7 Å². The van der Waals surface area contributed by atoms with Gasteiger partial charge in [-0.05, 0) is 51.8 Å². The SMILES string of the molecule is CC1(C)OB(/C=C/Cc2ccccc2S(=O)(=O)c2ccccc2[N+](=O)[O-])OC1(C)C. The highest BCUT2D eigenvalue weighted by atomic mass is 32.2. The van der Waals surface area contributed by atoms with E-state index in [0.29, 0.717) is 12.0 Å². The number of benzene rings is 2. The Kier molecular flexibility index (Phi) is 5.91. The Morgan fingerprint density at radius 3 is 2.10 bits per heavy atom. The first-order chi connectivity index (χ1) is 14.0. The average molecular weight is 429 g/mol. The Labute approximate surface area is 176 Å². The molecule has 1 fully saturated rings. The smallest absolute Gasteiger partial charge is 0.400 e. The van der Waals surface area contributed by atoms with Gasteiger partial charge in [-0.1, -0.05) is 42.4 Å². The van der Waals surface area contributed by atoms with E-state index in [9.17, 15) is 18.5 Å². The number of nitrogens with zero attached hydrogens (tertiary/aromatic N) is 1. The van der Waals surface area contributed by atoms with E-state index in [1.54, 1.807) is 30.3 Å². The van der Waals surface area contributed by atoms with Crippen molar-refractivity contribution in [3.8, 4) is 0 Å². The molecule has 1 heterocycles. The summed E-state index contributed by atoms with van der Waals surface area (Å²) in [6.07, 6.45) is 2.09. The van der Waals surface area contributed by atoms with Crippen LogP contribution < -0.4 is 0 Å². The Morgan fingerprint density at radius 1 is 0.967 bits per heavy atom. The van der Waals surface area contributed by atoms with E-state index in [-0.39, 0.29) is 9.79 Å². The van der Waals surface area contributed by atoms with Crippen molar-refractivity contribution in [2.45, 2.75) is 55.1 Å². The molecule has 7 nitrogen and oxygen atoms in total. The molecule has 0 aliphatic carbocycles. The highest BCUT2D eigenvalue weighted by Crippen LogP contribution is 2.37. The lowest BCUT2D eigenvalue weighted by atomic mass is 9.89. The van der Waals surface area contributed by atoms with Crippen LogP contribution in [-0.4, -0.2) is 31.7 Å². The number of rotatable bonds is 6. The zero-order valence-electron chi connectivity index (χ0n) is 17.4.